The maximum atomic E-state index is 12.2. The standard InChI is InChI=1S/C12H20N2O3/c1-4-6-12(7-5-8-14(12)2)11(16)13-9-10(15)17-3/h4H,1,5-9H2,2-3H3,(H,13,16)/t12-/m0/s1. The number of hydrogen-bond acceptors (Lipinski definition) is 4. The highest BCUT2D eigenvalue weighted by Gasteiger charge is 2.44. The first-order valence-corrected chi connectivity index (χ1v) is 5.74. The Labute approximate surface area is 102 Å². The molecule has 1 fully saturated rings. The Balaban J connectivity index is 2.67. The van der Waals surface area contributed by atoms with Crippen molar-refractivity contribution in [2.24, 2.45) is 0 Å². The third-order valence-electron chi connectivity index (χ3n) is 3.34. The predicted octanol–water partition coefficient (Wildman–Crippen LogP) is 0.316. The van der Waals surface area contributed by atoms with Crippen molar-refractivity contribution in [3.63, 3.8) is 0 Å². The van der Waals surface area contributed by atoms with E-state index >= 15 is 0 Å². The van der Waals surface area contributed by atoms with Gasteiger partial charge in [0.1, 0.15) is 12.1 Å². The number of likely N-dealkylation sites (N-methyl/N-ethyl adjacent to an activating group) is 1. The number of carbonyl (C=O) groups is 2. The van der Waals surface area contributed by atoms with Crippen LogP contribution in [0.1, 0.15) is 19.3 Å². The van der Waals surface area contributed by atoms with Crippen LogP contribution in [0.25, 0.3) is 0 Å². The number of carbonyl (C=O) groups excluding carboxylic acids is 2. The number of esters is 1. The lowest BCUT2D eigenvalue weighted by molar-refractivity contribution is -0.142. The average molecular weight is 240 g/mol. The van der Waals surface area contributed by atoms with Crippen molar-refractivity contribution in [2.75, 3.05) is 27.2 Å². The topological polar surface area (TPSA) is 58.6 Å². The lowest BCUT2D eigenvalue weighted by Crippen LogP contribution is -2.54. The Kier molecular flexibility index (Phi) is 4.69. The minimum atomic E-state index is -0.546. The molecule has 0 unspecified atom stereocenters. The van der Waals surface area contributed by atoms with Crippen LogP contribution in [-0.2, 0) is 14.3 Å². The van der Waals surface area contributed by atoms with E-state index in [-0.39, 0.29) is 12.5 Å². The molecule has 0 aromatic rings. The summed E-state index contributed by atoms with van der Waals surface area (Å²) in [7, 11) is 3.23. The van der Waals surface area contributed by atoms with Crippen molar-refractivity contribution < 1.29 is 14.3 Å². The van der Waals surface area contributed by atoms with Crippen molar-refractivity contribution in [3.05, 3.63) is 12.7 Å². The largest absolute Gasteiger partial charge is 0.468 e. The number of likely N-dealkylation sites (tertiary alicyclic amines) is 1. The number of nitrogens with zero attached hydrogens (tertiary/aromatic N) is 1. The first kappa shape index (κ1) is 13.7. The first-order chi connectivity index (χ1) is 8.06. The number of rotatable bonds is 5. The Morgan fingerprint density at radius 3 is 2.76 bits per heavy atom. The number of methoxy groups -OCH3 is 1. The lowest BCUT2D eigenvalue weighted by Gasteiger charge is -2.33. The van der Waals surface area contributed by atoms with E-state index in [2.05, 4.69) is 16.6 Å². The highest BCUT2D eigenvalue weighted by atomic mass is 16.5. The van der Waals surface area contributed by atoms with E-state index in [1.165, 1.54) is 7.11 Å². The molecule has 1 amide bonds. The molecule has 5 heteroatoms. The van der Waals surface area contributed by atoms with Gasteiger partial charge in [0.2, 0.25) is 5.91 Å². The maximum Gasteiger partial charge on any atom is 0.325 e. The Bertz CT molecular complexity index is 317. The second kappa shape index (κ2) is 5.82. The second-order valence-electron chi connectivity index (χ2n) is 4.31. The second-order valence-corrected chi connectivity index (χ2v) is 4.31. The van der Waals surface area contributed by atoms with Gasteiger partial charge in [-0.1, -0.05) is 6.08 Å². The average Bonchev–Trinajstić information content (AvgIpc) is 2.69. The van der Waals surface area contributed by atoms with Gasteiger partial charge in [-0.2, -0.15) is 0 Å². The van der Waals surface area contributed by atoms with E-state index in [0.29, 0.717) is 6.42 Å². The molecule has 17 heavy (non-hydrogen) atoms. The van der Waals surface area contributed by atoms with Gasteiger partial charge in [0, 0.05) is 0 Å². The summed E-state index contributed by atoms with van der Waals surface area (Å²) in [5.41, 5.74) is -0.546. The zero-order valence-electron chi connectivity index (χ0n) is 10.5. The number of ether oxygens (including phenoxy) is 1. The Morgan fingerprint density at radius 1 is 1.59 bits per heavy atom. The highest BCUT2D eigenvalue weighted by molar-refractivity contribution is 5.89. The van der Waals surface area contributed by atoms with Crippen LogP contribution in [0.4, 0.5) is 0 Å². The molecule has 1 aliphatic heterocycles. The molecular formula is C12H20N2O3. The molecular weight excluding hydrogens is 220 g/mol. The van der Waals surface area contributed by atoms with Gasteiger partial charge in [-0.05, 0) is 32.9 Å². The van der Waals surface area contributed by atoms with Crippen LogP contribution in [0.15, 0.2) is 12.7 Å². The maximum absolute atomic E-state index is 12.2. The monoisotopic (exact) mass is 240 g/mol. The van der Waals surface area contributed by atoms with Crippen LogP contribution in [0.3, 0.4) is 0 Å². The molecule has 0 aliphatic carbocycles. The molecule has 5 nitrogen and oxygen atoms in total. The van der Waals surface area contributed by atoms with Gasteiger partial charge in [0.25, 0.3) is 0 Å². The van der Waals surface area contributed by atoms with E-state index in [1.807, 2.05) is 11.9 Å². The first-order valence-electron chi connectivity index (χ1n) is 5.74. The molecule has 1 saturated heterocycles. The van der Waals surface area contributed by atoms with E-state index in [1.54, 1.807) is 6.08 Å². The van der Waals surface area contributed by atoms with Crippen LogP contribution in [-0.4, -0.2) is 49.6 Å². The summed E-state index contributed by atoms with van der Waals surface area (Å²) < 4.78 is 4.50. The summed E-state index contributed by atoms with van der Waals surface area (Å²) in [5, 5.41) is 2.63. The fraction of sp³-hybridized carbons (Fsp3) is 0.667. The minimum Gasteiger partial charge on any atom is -0.468 e. The van der Waals surface area contributed by atoms with E-state index < -0.39 is 11.5 Å². The summed E-state index contributed by atoms with van der Waals surface area (Å²) in [6, 6.07) is 0. The fourth-order valence-electron chi connectivity index (χ4n) is 2.28. The molecule has 0 radical (unpaired) electrons. The number of amides is 1. The van der Waals surface area contributed by atoms with Crippen molar-refractivity contribution in [3.8, 4) is 0 Å². The molecule has 1 rings (SSSR count). The highest BCUT2D eigenvalue weighted by Crippen LogP contribution is 2.31. The summed E-state index contributed by atoms with van der Waals surface area (Å²) in [4.78, 5) is 25.2. The summed E-state index contributed by atoms with van der Waals surface area (Å²) in [6.07, 6.45) is 4.12. The fourth-order valence-corrected chi connectivity index (χ4v) is 2.28. The summed E-state index contributed by atoms with van der Waals surface area (Å²) in [6.45, 7) is 4.51. The Hall–Kier alpha value is -1.36. The predicted molar refractivity (Wildman–Crippen MR) is 64.4 cm³/mol. The molecule has 0 aromatic heterocycles. The molecule has 0 bridgehead atoms. The van der Waals surface area contributed by atoms with E-state index in [9.17, 15) is 9.59 Å². The van der Waals surface area contributed by atoms with Crippen molar-refractivity contribution in [1.29, 1.82) is 0 Å². The molecule has 0 aromatic carbocycles. The molecule has 1 heterocycles. The SMILES string of the molecule is C=CC[C@@]1(C(=O)NCC(=O)OC)CCCN1C. The van der Waals surface area contributed by atoms with Gasteiger partial charge in [-0.15, -0.1) is 6.58 Å². The third-order valence-corrected chi connectivity index (χ3v) is 3.34. The van der Waals surface area contributed by atoms with Gasteiger partial charge >= 0.3 is 5.97 Å². The molecule has 1 aliphatic rings. The zero-order valence-corrected chi connectivity index (χ0v) is 10.5. The molecule has 1 atom stereocenters. The van der Waals surface area contributed by atoms with Gasteiger partial charge in [-0.25, -0.2) is 0 Å². The van der Waals surface area contributed by atoms with Gasteiger partial charge in [0.15, 0.2) is 0 Å². The van der Waals surface area contributed by atoms with Gasteiger partial charge in [-0.3, -0.25) is 14.5 Å². The summed E-state index contributed by atoms with van der Waals surface area (Å²) in [5.74, 6) is -0.560. The summed E-state index contributed by atoms with van der Waals surface area (Å²) >= 11 is 0. The van der Waals surface area contributed by atoms with Gasteiger partial charge < -0.3 is 10.1 Å². The zero-order chi connectivity index (χ0) is 12.9. The van der Waals surface area contributed by atoms with Crippen molar-refractivity contribution >= 4 is 11.9 Å². The van der Waals surface area contributed by atoms with Crippen molar-refractivity contribution in [2.45, 2.75) is 24.8 Å². The van der Waals surface area contributed by atoms with Gasteiger partial charge in [0.05, 0.1) is 7.11 Å². The minimum absolute atomic E-state index is 0.0813. The Morgan fingerprint density at radius 2 is 2.29 bits per heavy atom. The van der Waals surface area contributed by atoms with E-state index in [4.69, 9.17) is 0 Å². The van der Waals surface area contributed by atoms with Crippen LogP contribution in [0.5, 0.6) is 0 Å². The van der Waals surface area contributed by atoms with Crippen LogP contribution in [0, 0.1) is 0 Å². The van der Waals surface area contributed by atoms with E-state index in [0.717, 1.165) is 19.4 Å². The van der Waals surface area contributed by atoms with Crippen LogP contribution in [0.2, 0.25) is 0 Å². The smallest absolute Gasteiger partial charge is 0.325 e. The van der Waals surface area contributed by atoms with Crippen LogP contribution >= 0.6 is 0 Å². The lowest BCUT2D eigenvalue weighted by atomic mass is 9.91. The normalized spacial score (nSPS) is 24.4. The van der Waals surface area contributed by atoms with Crippen molar-refractivity contribution in [1.82, 2.24) is 10.2 Å². The third kappa shape index (κ3) is 2.85. The molecule has 96 valence electrons. The molecule has 0 saturated carbocycles. The molecule has 0 spiro atoms. The number of hydrogen-bond donors (Lipinski definition) is 1. The quantitative estimate of drug-likeness (QED) is 0.555. The number of nitrogens with one attached hydrogen (secondary N) is 1. The van der Waals surface area contributed by atoms with Crippen LogP contribution < -0.4 is 5.32 Å². The molecule has 1 N–H and O–H groups in total.